The first-order valence-corrected chi connectivity index (χ1v) is 6.59. The minimum Gasteiger partial charge on any atom is -0.396 e. The highest BCUT2D eigenvalue weighted by Crippen LogP contribution is 2.40. The summed E-state index contributed by atoms with van der Waals surface area (Å²) < 4.78 is 16.8. The lowest BCUT2D eigenvalue weighted by molar-refractivity contribution is -0.175. The van der Waals surface area contributed by atoms with Crippen LogP contribution < -0.4 is 0 Å². The number of ether oxygens (including phenoxy) is 3. The number of fused-ring (bicyclic) bond motifs is 1. The molecule has 112 valence electrons. The van der Waals surface area contributed by atoms with Gasteiger partial charge in [0.15, 0.2) is 12.6 Å². The first kappa shape index (κ1) is 14.3. The lowest BCUT2D eigenvalue weighted by atomic mass is 10.1. The van der Waals surface area contributed by atoms with Crippen molar-refractivity contribution in [3.05, 3.63) is 46.3 Å². The van der Waals surface area contributed by atoms with E-state index in [0.29, 0.717) is 0 Å². The quantitative estimate of drug-likeness (QED) is 0.485. The van der Waals surface area contributed by atoms with Crippen LogP contribution in [-0.2, 0) is 14.2 Å². The number of hydrogen-bond donors (Lipinski definition) is 2. The second-order valence-corrected chi connectivity index (χ2v) is 4.89. The fourth-order valence-corrected chi connectivity index (χ4v) is 2.57. The third-order valence-electron chi connectivity index (χ3n) is 3.61. The van der Waals surface area contributed by atoms with Gasteiger partial charge in [0.05, 0.1) is 12.6 Å². The Bertz CT molecular complexity index is 536. The lowest BCUT2D eigenvalue weighted by Crippen LogP contribution is -2.40. The molecule has 0 saturated carbocycles. The van der Waals surface area contributed by atoms with E-state index in [1.54, 1.807) is 0 Å². The van der Waals surface area contributed by atoms with Crippen molar-refractivity contribution < 1.29 is 24.4 Å². The summed E-state index contributed by atoms with van der Waals surface area (Å²) in [6, 6.07) is 8.43. The number of azide groups is 1. The average molecular weight is 293 g/mol. The normalized spacial score (nSPS) is 36.0. The van der Waals surface area contributed by atoms with Crippen LogP contribution in [0.5, 0.6) is 0 Å². The summed E-state index contributed by atoms with van der Waals surface area (Å²) in [5.41, 5.74) is 9.28. The Morgan fingerprint density at radius 2 is 2.00 bits per heavy atom. The van der Waals surface area contributed by atoms with Gasteiger partial charge in [-0.25, -0.2) is 0 Å². The fourth-order valence-electron chi connectivity index (χ4n) is 2.57. The van der Waals surface area contributed by atoms with E-state index in [0.717, 1.165) is 5.56 Å². The zero-order valence-corrected chi connectivity index (χ0v) is 11.0. The summed E-state index contributed by atoms with van der Waals surface area (Å²) in [5, 5.41) is 22.8. The summed E-state index contributed by atoms with van der Waals surface area (Å²) >= 11 is 0. The third kappa shape index (κ3) is 2.60. The molecule has 8 heteroatoms. The molecule has 6 atom stereocenters. The smallest absolute Gasteiger partial charge is 0.190 e. The molecule has 2 heterocycles. The van der Waals surface area contributed by atoms with E-state index in [-0.39, 0.29) is 0 Å². The number of aliphatic hydroxyl groups is 2. The predicted octanol–water partition coefficient (Wildman–Crippen LogP) is 0.858. The van der Waals surface area contributed by atoms with Crippen LogP contribution in [0.15, 0.2) is 35.4 Å². The molecule has 1 aromatic carbocycles. The minimum absolute atomic E-state index is 0.423. The van der Waals surface area contributed by atoms with Crippen LogP contribution in [0.1, 0.15) is 11.9 Å². The summed E-state index contributed by atoms with van der Waals surface area (Å²) in [6.07, 6.45) is -3.92. The Labute approximate surface area is 120 Å². The van der Waals surface area contributed by atoms with Crippen molar-refractivity contribution in [1.29, 1.82) is 0 Å². The van der Waals surface area contributed by atoms with Gasteiger partial charge in [0.2, 0.25) is 0 Å². The van der Waals surface area contributed by atoms with Gasteiger partial charge in [-0.05, 0) is 5.53 Å². The van der Waals surface area contributed by atoms with E-state index in [4.69, 9.17) is 19.7 Å². The van der Waals surface area contributed by atoms with Crippen molar-refractivity contribution in [2.75, 3.05) is 6.61 Å². The highest BCUT2D eigenvalue weighted by molar-refractivity contribution is 5.17. The molecule has 2 aliphatic rings. The van der Waals surface area contributed by atoms with Gasteiger partial charge >= 0.3 is 0 Å². The van der Waals surface area contributed by atoms with Gasteiger partial charge in [-0.3, -0.25) is 0 Å². The molecule has 2 N–H and O–H groups in total. The number of aliphatic hydroxyl groups excluding tert-OH is 2. The first-order chi connectivity index (χ1) is 10.2. The van der Waals surface area contributed by atoms with Gasteiger partial charge in [0.1, 0.15) is 18.3 Å². The standard InChI is InChI=1S/C13H15N3O5/c14-16-15-8(6-17)10-9(18)11-13(19-10)21-12(20-11)7-4-2-1-3-5-7/h1-5,8-13,17-18H,6H2/t8-,9-,10+,11+,12+,13+/m0/s1. The highest BCUT2D eigenvalue weighted by atomic mass is 16.8. The van der Waals surface area contributed by atoms with Gasteiger partial charge in [-0.2, -0.15) is 0 Å². The maximum atomic E-state index is 10.2. The largest absolute Gasteiger partial charge is 0.396 e. The Hall–Kier alpha value is -1.67. The first-order valence-electron chi connectivity index (χ1n) is 6.59. The Morgan fingerprint density at radius 3 is 2.62 bits per heavy atom. The van der Waals surface area contributed by atoms with Gasteiger partial charge in [-0.15, -0.1) is 0 Å². The highest BCUT2D eigenvalue weighted by Gasteiger charge is 2.53. The Morgan fingerprint density at radius 1 is 1.24 bits per heavy atom. The topological polar surface area (TPSA) is 117 Å². The van der Waals surface area contributed by atoms with Crippen LogP contribution in [-0.4, -0.2) is 47.5 Å². The maximum Gasteiger partial charge on any atom is 0.190 e. The number of rotatable bonds is 4. The van der Waals surface area contributed by atoms with E-state index in [9.17, 15) is 10.2 Å². The molecular weight excluding hydrogens is 278 g/mol. The Kier molecular flexibility index (Phi) is 4.07. The van der Waals surface area contributed by atoms with Crippen LogP contribution in [0.2, 0.25) is 0 Å². The van der Waals surface area contributed by atoms with E-state index >= 15 is 0 Å². The van der Waals surface area contributed by atoms with Crippen LogP contribution in [0.4, 0.5) is 0 Å². The summed E-state index contributed by atoms with van der Waals surface area (Å²) in [7, 11) is 0. The van der Waals surface area contributed by atoms with Crippen molar-refractivity contribution in [2.24, 2.45) is 5.11 Å². The molecule has 0 radical (unpaired) electrons. The summed E-state index contributed by atoms with van der Waals surface area (Å²) in [6.45, 7) is -0.423. The van der Waals surface area contributed by atoms with Gasteiger partial charge < -0.3 is 24.4 Å². The molecule has 0 unspecified atom stereocenters. The molecule has 1 aromatic rings. The lowest BCUT2D eigenvalue weighted by Gasteiger charge is -2.22. The molecule has 0 aliphatic carbocycles. The minimum atomic E-state index is -1.04. The molecule has 2 aliphatic heterocycles. The molecule has 8 nitrogen and oxygen atoms in total. The van der Waals surface area contributed by atoms with E-state index in [1.165, 1.54) is 0 Å². The van der Waals surface area contributed by atoms with Crippen molar-refractivity contribution in [1.82, 2.24) is 0 Å². The van der Waals surface area contributed by atoms with Gasteiger partial charge in [-0.1, -0.05) is 35.4 Å². The molecule has 0 spiro atoms. The van der Waals surface area contributed by atoms with Crippen LogP contribution in [0.3, 0.4) is 0 Å². The van der Waals surface area contributed by atoms with Crippen molar-refractivity contribution in [3.63, 3.8) is 0 Å². The monoisotopic (exact) mass is 293 g/mol. The SMILES string of the molecule is [N-]=[N+]=N[C@@H](CO)[C@H]1O[C@@H]2O[C@H](c3ccccc3)O[C@@H]2[C@H]1O. The van der Waals surface area contributed by atoms with Gasteiger partial charge in [0.25, 0.3) is 0 Å². The molecule has 21 heavy (non-hydrogen) atoms. The van der Waals surface area contributed by atoms with E-state index < -0.39 is 43.5 Å². The second kappa shape index (κ2) is 5.98. The van der Waals surface area contributed by atoms with Crippen molar-refractivity contribution in [3.8, 4) is 0 Å². The molecule has 2 fully saturated rings. The summed E-state index contributed by atoms with van der Waals surface area (Å²) in [4.78, 5) is 2.63. The van der Waals surface area contributed by atoms with Crippen molar-refractivity contribution >= 4 is 0 Å². The zero-order chi connectivity index (χ0) is 14.8. The fraction of sp³-hybridized carbons (Fsp3) is 0.538. The van der Waals surface area contributed by atoms with Crippen LogP contribution >= 0.6 is 0 Å². The van der Waals surface area contributed by atoms with E-state index in [2.05, 4.69) is 10.0 Å². The Balaban J connectivity index is 1.71. The maximum absolute atomic E-state index is 10.2. The molecule has 0 bridgehead atoms. The molecule has 0 amide bonds. The zero-order valence-electron chi connectivity index (χ0n) is 11.0. The third-order valence-corrected chi connectivity index (χ3v) is 3.61. The van der Waals surface area contributed by atoms with Crippen molar-refractivity contribution in [2.45, 2.75) is 36.9 Å². The average Bonchev–Trinajstić information content (AvgIpc) is 3.06. The molecule has 2 saturated heterocycles. The molecular formula is C13H15N3O5. The summed E-state index contributed by atoms with van der Waals surface area (Å²) in [5.74, 6) is 0. The predicted molar refractivity (Wildman–Crippen MR) is 69.8 cm³/mol. The second-order valence-electron chi connectivity index (χ2n) is 4.89. The van der Waals surface area contributed by atoms with E-state index in [1.807, 2.05) is 30.3 Å². The molecule has 0 aromatic heterocycles. The number of benzene rings is 1. The van der Waals surface area contributed by atoms with Crippen LogP contribution in [0.25, 0.3) is 10.4 Å². The number of hydrogen-bond acceptors (Lipinski definition) is 6. The van der Waals surface area contributed by atoms with Crippen LogP contribution in [0, 0.1) is 0 Å². The molecule has 3 rings (SSSR count). The van der Waals surface area contributed by atoms with Gasteiger partial charge in [0, 0.05) is 10.5 Å². The number of nitrogens with zero attached hydrogens (tertiary/aromatic N) is 3.